The second kappa shape index (κ2) is 6.27. The average molecular weight is 285 g/mol. The third kappa shape index (κ3) is 2.97. The summed E-state index contributed by atoms with van der Waals surface area (Å²) >= 11 is 0. The molecular weight excluding hydrogens is 272 g/mol. The summed E-state index contributed by atoms with van der Waals surface area (Å²) in [5.41, 5.74) is 1.09. The molecule has 0 N–H and O–H groups in total. The first kappa shape index (κ1) is 14.9. The van der Waals surface area contributed by atoms with E-state index in [0.29, 0.717) is 18.1 Å². The van der Waals surface area contributed by atoms with Crippen molar-refractivity contribution in [3.63, 3.8) is 0 Å². The van der Waals surface area contributed by atoms with Crippen molar-refractivity contribution in [2.75, 3.05) is 0 Å². The molecule has 0 aromatic heterocycles. The molecule has 2 aromatic rings. The molecule has 2 rings (SSSR count). The summed E-state index contributed by atoms with van der Waals surface area (Å²) < 4.78 is 26.8. The molecule has 0 aliphatic heterocycles. The first-order valence-corrected chi connectivity index (χ1v) is 6.55. The van der Waals surface area contributed by atoms with Crippen molar-refractivity contribution in [1.29, 1.82) is 5.26 Å². The maximum absolute atomic E-state index is 13.8. The molecule has 2 nitrogen and oxygen atoms in total. The third-order valence-corrected chi connectivity index (χ3v) is 3.33. The number of rotatable bonds is 4. The Bertz CT molecular complexity index is 719. The number of aryl methyl sites for hydroxylation is 1. The molecule has 0 radical (unpaired) electrons. The van der Waals surface area contributed by atoms with E-state index in [0.717, 1.165) is 17.7 Å². The van der Waals surface area contributed by atoms with E-state index >= 15 is 0 Å². The number of hydrogen-bond acceptors (Lipinski definition) is 2. The van der Waals surface area contributed by atoms with E-state index in [-0.39, 0.29) is 5.56 Å². The predicted octanol–water partition coefficient (Wildman–Crippen LogP) is 4.02. The van der Waals surface area contributed by atoms with Crippen LogP contribution in [0.2, 0.25) is 0 Å². The van der Waals surface area contributed by atoms with Gasteiger partial charge in [0.2, 0.25) is 0 Å². The number of carbonyl (C=O) groups excluding carboxylic acids is 1. The zero-order chi connectivity index (χ0) is 15.4. The Morgan fingerprint density at radius 1 is 1.24 bits per heavy atom. The minimum absolute atomic E-state index is 0.102. The summed E-state index contributed by atoms with van der Waals surface area (Å²) in [6.45, 7) is 1.89. The second-order valence-electron chi connectivity index (χ2n) is 4.60. The smallest absolute Gasteiger partial charge is 0.184 e. The van der Waals surface area contributed by atoms with Gasteiger partial charge in [0.05, 0.1) is 6.07 Å². The Kier molecular flexibility index (Phi) is 4.44. The van der Waals surface area contributed by atoms with Crippen LogP contribution in [0.15, 0.2) is 42.5 Å². The summed E-state index contributed by atoms with van der Waals surface area (Å²) in [6, 6.07) is 11.6. The van der Waals surface area contributed by atoms with E-state index in [1.807, 2.05) is 13.0 Å². The molecule has 0 aliphatic rings. The Labute approximate surface area is 121 Å². The number of nitriles is 1. The van der Waals surface area contributed by atoms with E-state index in [1.54, 1.807) is 24.3 Å². The van der Waals surface area contributed by atoms with Gasteiger partial charge in [0.1, 0.15) is 17.6 Å². The molecule has 1 unspecified atom stereocenters. The van der Waals surface area contributed by atoms with Crippen LogP contribution in [0.4, 0.5) is 8.78 Å². The van der Waals surface area contributed by atoms with Gasteiger partial charge in [-0.1, -0.05) is 37.3 Å². The summed E-state index contributed by atoms with van der Waals surface area (Å²) in [4.78, 5) is 12.5. The fourth-order valence-electron chi connectivity index (χ4n) is 2.23. The van der Waals surface area contributed by atoms with Gasteiger partial charge >= 0.3 is 0 Å². The monoisotopic (exact) mass is 285 g/mol. The van der Waals surface area contributed by atoms with Crippen LogP contribution in [0.5, 0.6) is 0 Å². The summed E-state index contributed by atoms with van der Waals surface area (Å²) in [5.74, 6) is -3.38. The van der Waals surface area contributed by atoms with E-state index in [9.17, 15) is 18.8 Å². The lowest BCUT2D eigenvalue weighted by Gasteiger charge is -2.12. The van der Waals surface area contributed by atoms with Crippen LogP contribution < -0.4 is 0 Å². The van der Waals surface area contributed by atoms with Crippen LogP contribution >= 0.6 is 0 Å². The largest absolute Gasteiger partial charge is 0.292 e. The topological polar surface area (TPSA) is 40.9 Å². The molecular formula is C17H13F2NO. The van der Waals surface area contributed by atoms with Crippen LogP contribution in [-0.4, -0.2) is 5.78 Å². The summed E-state index contributed by atoms with van der Waals surface area (Å²) in [7, 11) is 0. The van der Waals surface area contributed by atoms with Crippen molar-refractivity contribution in [3.8, 4) is 6.07 Å². The van der Waals surface area contributed by atoms with Crippen molar-refractivity contribution >= 4 is 5.78 Å². The van der Waals surface area contributed by atoms with E-state index < -0.39 is 23.3 Å². The highest BCUT2D eigenvalue weighted by atomic mass is 19.1. The number of hydrogen-bond donors (Lipinski definition) is 0. The molecule has 106 valence electrons. The van der Waals surface area contributed by atoms with Gasteiger partial charge < -0.3 is 0 Å². The average Bonchev–Trinajstić information content (AvgIpc) is 2.49. The molecule has 4 heteroatoms. The van der Waals surface area contributed by atoms with Crippen LogP contribution in [0, 0.1) is 23.0 Å². The third-order valence-electron chi connectivity index (χ3n) is 3.33. The normalized spacial score (nSPS) is 11.7. The van der Waals surface area contributed by atoms with Gasteiger partial charge in [0.15, 0.2) is 5.78 Å². The highest BCUT2D eigenvalue weighted by Gasteiger charge is 2.26. The number of ketones is 1. The number of Topliss-reactive ketones (excluding diaryl/α,β-unsaturated/α-hetero) is 1. The number of halogens is 2. The molecule has 0 saturated heterocycles. The molecule has 0 heterocycles. The van der Waals surface area contributed by atoms with Gasteiger partial charge in [-0.15, -0.1) is 0 Å². The minimum atomic E-state index is -1.28. The van der Waals surface area contributed by atoms with Crippen molar-refractivity contribution in [1.82, 2.24) is 0 Å². The molecule has 2 aromatic carbocycles. The SMILES string of the molecule is CCc1ccccc1C(=O)C(C#N)c1ccc(F)cc1F. The molecule has 0 fully saturated rings. The standard InChI is InChI=1S/C17H13F2NO/c1-2-11-5-3-4-6-13(11)17(21)15(10-20)14-8-7-12(18)9-16(14)19/h3-9,15H,2H2,1H3. The highest BCUT2D eigenvalue weighted by molar-refractivity contribution is 6.03. The van der Waals surface area contributed by atoms with Gasteiger partial charge in [0, 0.05) is 17.2 Å². The number of benzene rings is 2. The predicted molar refractivity (Wildman–Crippen MR) is 74.9 cm³/mol. The summed E-state index contributed by atoms with van der Waals surface area (Å²) in [5, 5.41) is 9.24. The van der Waals surface area contributed by atoms with Gasteiger partial charge in [0.25, 0.3) is 0 Å². The van der Waals surface area contributed by atoms with Crippen molar-refractivity contribution in [2.45, 2.75) is 19.3 Å². The quantitative estimate of drug-likeness (QED) is 0.796. The molecule has 0 spiro atoms. The molecule has 21 heavy (non-hydrogen) atoms. The highest BCUT2D eigenvalue weighted by Crippen LogP contribution is 2.25. The lowest BCUT2D eigenvalue weighted by Crippen LogP contribution is -2.14. The van der Waals surface area contributed by atoms with Gasteiger partial charge in [-0.3, -0.25) is 4.79 Å². The maximum atomic E-state index is 13.8. The molecule has 1 atom stereocenters. The molecule has 0 aliphatic carbocycles. The molecule has 0 saturated carbocycles. The van der Waals surface area contributed by atoms with Gasteiger partial charge in [-0.2, -0.15) is 5.26 Å². The Morgan fingerprint density at radius 2 is 1.95 bits per heavy atom. The van der Waals surface area contributed by atoms with Crippen molar-refractivity contribution in [3.05, 3.63) is 70.8 Å². The van der Waals surface area contributed by atoms with Gasteiger partial charge in [-0.05, 0) is 18.1 Å². The zero-order valence-corrected chi connectivity index (χ0v) is 11.4. The van der Waals surface area contributed by atoms with Gasteiger partial charge in [-0.25, -0.2) is 8.78 Å². The lowest BCUT2D eigenvalue weighted by molar-refractivity contribution is 0.0976. The number of nitrogens with zero attached hydrogens (tertiary/aromatic N) is 1. The van der Waals surface area contributed by atoms with Crippen LogP contribution in [0.25, 0.3) is 0 Å². The fourth-order valence-corrected chi connectivity index (χ4v) is 2.23. The first-order chi connectivity index (χ1) is 10.1. The van der Waals surface area contributed by atoms with Crippen molar-refractivity contribution < 1.29 is 13.6 Å². The fraction of sp³-hybridized carbons (Fsp3) is 0.176. The van der Waals surface area contributed by atoms with E-state index in [2.05, 4.69) is 0 Å². The second-order valence-corrected chi connectivity index (χ2v) is 4.60. The molecule has 0 amide bonds. The molecule has 0 bridgehead atoms. The lowest BCUT2D eigenvalue weighted by atomic mass is 9.89. The summed E-state index contributed by atoms with van der Waals surface area (Å²) in [6.07, 6.45) is 0.631. The van der Waals surface area contributed by atoms with Crippen LogP contribution in [0.1, 0.15) is 34.3 Å². The van der Waals surface area contributed by atoms with E-state index in [1.165, 1.54) is 0 Å². The maximum Gasteiger partial charge on any atom is 0.184 e. The van der Waals surface area contributed by atoms with Crippen molar-refractivity contribution in [2.24, 2.45) is 0 Å². The van der Waals surface area contributed by atoms with Crippen LogP contribution in [-0.2, 0) is 6.42 Å². The number of carbonyl (C=O) groups is 1. The zero-order valence-electron chi connectivity index (χ0n) is 11.4. The first-order valence-electron chi connectivity index (χ1n) is 6.55. The van der Waals surface area contributed by atoms with Crippen LogP contribution in [0.3, 0.4) is 0 Å². The Hall–Kier alpha value is -2.54. The Balaban J connectivity index is 2.47. The van der Waals surface area contributed by atoms with E-state index in [4.69, 9.17) is 0 Å². The minimum Gasteiger partial charge on any atom is -0.292 e. The Morgan fingerprint density at radius 3 is 2.57 bits per heavy atom.